The molecule has 1 N–H and O–H groups in total. The maximum atomic E-state index is 9.22. The van der Waals surface area contributed by atoms with Crippen LogP contribution in [-0.4, -0.2) is 17.3 Å². The molecule has 0 aliphatic heterocycles. The van der Waals surface area contributed by atoms with Gasteiger partial charge in [-0.15, -0.1) is 0 Å². The average molecular weight is 182 g/mol. The van der Waals surface area contributed by atoms with E-state index in [2.05, 4.69) is 0 Å². The lowest BCUT2D eigenvalue weighted by atomic mass is 10.1. The molecule has 0 saturated carbocycles. The van der Waals surface area contributed by atoms with Crippen LogP contribution in [0.2, 0.25) is 0 Å². The molecule has 0 heterocycles. The van der Waals surface area contributed by atoms with E-state index in [-0.39, 0.29) is 5.75 Å². The summed E-state index contributed by atoms with van der Waals surface area (Å²) in [5.74, 6) is 0.212. The fourth-order valence-corrected chi connectivity index (χ4v) is 1.12. The standard InChI is InChI=1S/C9H10O2S/c1-6-3-7(9(12)11-2)5-8(10)4-6/h3-5,10H,1-2H3. The lowest BCUT2D eigenvalue weighted by Crippen LogP contribution is -1.99. The van der Waals surface area contributed by atoms with Gasteiger partial charge in [0.1, 0.15) is 5.75 Å². The first-order chi connectivity index (χ1) is 5.63. The average Bonchev–Trinajstić information content (AvgIpc) is 2.01. The first kappa shape index (κ1) is 9.00. The zero-order valence-corrected chi connectivity index (χ0v) is 7.81. The molecule has 0 atom stereocenters. The molecule has 12 heavy (non-hydrogen) atoms. The highest BCUT2D eigenvalue weighted by Crippen LogP contribution is 2.15. The van der Waals surface area contributed by atoms with E-state index in [1.54, 1.807) is 12.1 Å². The van der Waals surface area contributed by atoms with Crippen molar-refractivity contribution in [3.63, 3.8) is 0 Å². The van der Waals surface area contributed by atoms with Crippen LogP contribution in [0, 0.1) is 6.92 Å². The van der Waals surface area contributed by atoms with Crippen LogP contribution >= 0.6 is 12.2 Å². The van der Waals surface area contributed by atoms with Crippen LogP contribution in [0.4, 0.5) is 0 Å². The number of thiocarbonyl (C=S) groups is 1. The van der Waals surface area contributed by atoms with Gasteiger partial charge >= 0.3 is 0 Å². The molecule has 0 fully saturated rings. The first-order valence-electron chi connectivity index (χ1n) is 3.52. The number of aryl methyl sites for hydroxylation is 1. The predicted molar refractivity (Wildman–Crippen MR) is 51.6 cm³/mol. The maximum Gasteiger partial charge on any atom is 0.190 e. The third-order valence-electron chi connectivity index (χ3n) is 1.48. The molecule has 0 amide bonds. The van der Waals surface area contributed by atoms with Crippen molar-refractivity contribution in [2.45, 2.75) is 6.92 Å². The lowest BCUT2D eigenvalue weighted by molar-refractivity contribution is 0.415. The largest absolute Gasteiger partial charge is 0.508 e. The Morgan fingerprint density at radius 2 is 2.08 bits per heavy atom. The first-order valence-corrected chi connectivity index (χ1v) is 3.93. The monoisotopic (exact) mass is 182 g/mol. The molecule has 2 nitrogen and oxygen atoms in total. The molecule has 64 valence electrons. The summed E-state index contributed by atoms with van der Waals surface area (Å²) in [6.07, 6.45) is 0. The second-order valence-corrected chi connectivity index (χ2v) is 2.92. The quantitative estimate of drug-likeness (QED) is 0.674. The predicted octanol–water partition coefficient (Wildman–Crippen LogP) is 2.02. The number of rotatable bonds is 1. The van der Waals surface area contributed by atoms with Crippen molar-refractivity contribution in [1.29, 1.82) is 0 Å². The van der Waals surface area contributed by atoms with Gasteiger partial charge in [-0.1, -0.05) is 0 Å². The number of phenols is 1. The van der Waals surface area contributed by atoms with Crippen molar-refractivity contribution >= 4 is 17.3 Å². The Balaban J connectivity index is 3.08. The molecule has 0 unspecified atom stereocenters. The van der Waals surface area contributed by atoms with E-state index in [1.807, 2.05) is 13.0 Å². The summed E-state index contributed by atoms with van der Waals surface area (Å²) >= 11 is 4.91. The molecule has 0 aromatic heterocycles. The van der Waals surface area contributed by atoms with Crippen LogP contribution in [-0.2, 0) is 4.74 Å². The van der Waals surface area contributed by atoms with Crippen LogP contribution < -0.4 is 0 Å². The Hall–Kier alpha value is -1.09. The highest BCUT2D eigenvalue weighted by molar-refractivity contribution is 7.80. The van der Waals surface area contributed by atoms with Gasteiger partial charge in [0.25, 0.3) is 0 Å². The zero-order chi connectivity index (χ0) is 9.14. The van der Waals surface area contributed by atoms with Crippen molar-refractivity contribution < 1.29 is 9.84 Å². The molecule has 0 radical (unpaired) electrons. The van der Waals surface area contributed by atoms with E-state index < -0.39 is 0 Å². The lowest BCUT2D eigenvalue weighted by Gasteiger charge is -2.03. The number of benzene rings is 1. The van der Waals surface area contributed by atoms with E-state index in [4.69, 9.17) is 17.0 Å². The summed E-state index contributed by atoms with van der Waals surface area (Å²) in [5.41, 5.74) is 1.70. The van der Waals surface area contributed by atoms with E-state index in [0.717, 1.165) is 11.1 Å². The second-order valence-electron chi connectivity index (χ2n) is 2.55. The molecule has 0 aliphatic rings. The van der Waals surface area contributed by atoms with Gasteiger partial charge in [0.05, 0.1) is 7.11 Å². The van der Waals surface area contributed by atoms with Crippen molar-refractivity contribution in [2.75, 3.05) is 7.11 Å². The third kappa shape index (κ3) is 1.95. The minimum atomic E-state index is 0.212. The van der Waals surface area contributed by atoms with Gasteiger partial charge in [0.15, 0.2) is 5.05 Å². The van der Waals surface area contributed by atoms with Crippen molar-refractivity contribution in [3.8, 4) is 5.75 Å². The van der Waals surface area contributed by atoms with Gasteiger partial charge in [0, 0.05) is 5.56 Å². The fraction of sp³-hybridized carbons (Fsp3) is 0.222. The molecular formula is C9H10O2S. The van der Waals surface area contributed by atoms with Gasteiger partial charge in [-0.2, -0.15) is 0 Å². The number of hydrogen-bond acceptors (Lipinski definition) is 3. The Labute approximate surface area is 76.8 Å². The number of ether oxygens (including phenoxy) is 1. The molecule has 0 spiro atoms. The molecule has 0 aliphatic carbocycles. The molecule has 1 aromatic rings. The summed E-state index contributed by atoms with van der Waals surface area (Å²) in [4.78, 5) is 0. The van der Waals surface area contributed by atoms with Gasteiger partial charge in [-0.3, -0.25) is 0 Å². The summed E-state index contributed by atoms with van der Waals surface area (Å²) < 4.78 is 4.87. The number of methoxy groups -OCH3 is 1. The van der Waals surface area contributed by atoms with E-state index in [1.165, 1.54) is 7.11 Å². The molecule has 1 rings (SSSR count). The number of phenolic OH excluding ortho intramolecular Hbond substituents is 1. The van der Waals surface area contributed by atoms with Gasteiger partial charge in [0.2, 0.25) is 0 Å². The van der Waals surface area contributed by atoms with E-state index in [9.17, 15) is 5.11 Å². The van der Waals surface area contributed by atoms with Gasteiger partial charge < -0.3 is 9.84 Å². The minimum absolute atomic E-state index is 0.212. The van der Waals surface area contributed by atoms with Crippen LogP contribution in [0.3, 0.4) is 0 Å². The summed E-state index contributed by atoms with van der Waals surface area (Å²) in [6, 6.07) is 5.12. The molecule has 0 bridgehead atoms. The Morgan fingerprint density at radius 3 is 2.58 bits per heavy atom. The van der Waals surface area contributed by atoms with Crippen molar-refractivity contribution in [3.05, 3.63) is 29.3 Å². The Morgan fingerprint density at radius 1 is 1.42 bits per heavy atom. The summed E-state index contributed by atoms with van der Waals surface area (Å²) in [7, 11) is 1.52. The number of aromatic hydroxyl groups is 1. The fourth-order valence-electron chi connectivity index (χ4n) is 0.999. The molecule has 3 heteroatoms. The third-order valence-corrected chi connectivity index (χ3v) is 1.89. The van der Waals surface area contributed by atoms with E-state index in [0.29, 0.717) is 5.05 Å². The topological polar surface area (TPSA) is 29.5 Å². The highest BCUT2D eigenvalue weighted by atomic mass is 32.1. The second kappa shape index (κ2) is 3.54. The number of hydrogen-bond donors (Lipinski definition) is 1. The van der Waals surface area contributed by atoms with Crippen molar-refractivity contribution in [1.82, 2.24) is 0 Å². The van der Waals surface area contributed by atoms with E-state index >= 15 is 0 Å². The molecule has 0 saturated heterocycles. The summed E-state index contributed by atoms with van der Waals surface area (Å²) in [5, 5.41) is 9.62. The van der Waals surface area contributed by atoms with Crippen molar-refractivity contribution in [2.24, 2.45) is 0 Å². The summed E-state index contributed by atoms with van der Waals surface area (Å²) in [6.45, 7) is 1.89. The zero-order valence-electron chi connectivity index (χ0n) is 7.00. The van der Waals surface area contributed by atoms with Crippen LogP contribution in [0.15, 0.2) is 18.2 Å². The highest BCUT2D eigenvalue weighted by Gasteiger charge is 2.02. The van der Waals surface area contributed by atoms with Gasteiger partial charge in [-0.05, 0) is 42.9 Å². The smallest absolute Gasteiger partial charge is 0.190 e. The SMILES string of the molecule is COC(=S)c1cc(C)cc(O)c1. The van der Waals surface area contributed by atoms with Crippen LogP contribution in [0.25, 0.3) is 0 Å². The maximum absolute atomic E-state index is 9.22. The molecular weight excluding hydrogens is 172 g/mol. The van der Waals surface area contributed by atoms with Gasteiger partial charge in [-0.25, -0.2) is 0 Å². The Bertz CT molecular complexity index is 287. The Kier molecular flexibility index (Phi) is 2.65. The van der Waals surface area contributed by atoms with Crippen LogP contribution in [0.5, 0.6) is 5.75 Å². The molecule has 1 aromatic carbocycles. The minimum Gasteiger partial charge on any atom is -0.508 e. The van der Waals surface area contributed by atoms with Crippen LogP contribution in [0.1, 0.15) is 11.1 Å². The normalized spacial score (nSPS) is 9.50.